The third-order valence-corrected chi connectivity index (χ3v) is 3.05. The van der Waals surface area contributed by atoms with Gasteiger partial charge in [0.25, 0.3) is 0 Å². The molecule has 1 heteroatoms. The lowest BCUT2D eigenvalue weighted by Gasteiger charge is -2.23. The first-order chi connectivity index (χ1) is 8.47. The molecule has 0 heterocycles. The normalized spacial score (nSPS) is 13.5. The number of halogens is 1. The van der Waals surface area contributed by atoms with Gasteiger partial charge in [0.05, 0.1) is 0 Å². The van der Waals surface area contributed by atoms with Gasteiger partial charge in [0.2, 0.25) is 0 Å². The topological polar surface area (TPSA) is 0 Å². The zero-order valence-electron chi connectivity index (χ0n) is 11.4. The SMILES string of the molecule is C=C/C=C(\C(=C)F)C(c1ccc(C)cc1)C(C)C. The third-order valence-electron chi connectivity index (χ3n) is 3.05. The predicted molar refractivity (Wildman–Crippen MR) is 77.3 cm³/mol. The minimum absolute atomic E-state index is 0.0149. The van der Waals surface area contributed by atoms with Crippen LogP contribution in [0.2, 0.25) is 0 Å². The Morgan fingerprint density at radius 3 is 2.17 bits per heavy atom. The van der Waals surface area contributed by atoms with Crippen molar-refractivity contribution in [1.29, 1.82) is 0 Å². The largest absolute Gasteiger partial charge is 0.207 e. The summed E-state index contributed by atoms with van der Waals surface area (Å²) >= 11 is 0. The molecule has 0 aromatic heterocycles. The first kappa shape index (κ1) is 14.4. The Kier molecular flexibility index (Phi) is 5.08. The zero-order valence-corrected chi connectivity index (χ0v) is 11.4. The van der Waals surface area contributed by atoms with Gasteiger partial charge in [0, 0.05) is 5.92 Å². The molecule has 1 rings (SSSR count). The van der Waals surface area contributed by atoms with Crippen molar-refractivity contribution in [3.63, 3.8) is 0 Å². The summed E-state index contributed by atoms with van der Waals surface area (Å²) in [4.78, 5) is 0. The van der Waals surface area contributed by atoms with Gasteiger partial charge in [0.15, 0.2) is 0 Å². The van der Waals surface area contributed by atoms with Crippen LogP contribution >= 0.6 is 0 Å². The Morgan fingerprint density at radius 2 is 1.78 bits per heavy atom. The molecule has 0 N–H and O–H groups in total. The van der Waals surface area contributed by atoms with Crippen LogP contribution in [0.5, 0.6) is 0 Å². The van der Waals surface area contributed by atoms with E-state index >= 15 is 0 Å². The highest BCUT2D eigenvalue weighted by molar-refractivity contribution is 5.40. The van der Waals surface area contributed by atoms with Crippen LogP contribution in [-0.4, -0.2) is 0 Å². The average Bonchev–Trinajstić information content (AvgIpc) is 2.30. The fourth-order valence-electron chi connectivity index (χ4n) is 2.19. The van der Waals surface area contributed by atoms with Crippen LogP contribution in [0.3, 0.4) is 0 Å². The van der Waals surface area contributed by atoms with Gasteiger partial charge in [-0.15, -0.1) is 0 Å². The molecule has 96 valence electrons. The molecule has 0 aliphatic rings. The van der Waals surface area contributed by atoms with E-state index in [1.165, 1.54) is 5.56 Å². The first-order valence-corrected chi connectivity index (χ1v) is 6.21. The molecule has 0 saturated carbocycles. The number of hydrogen-bond donors (Lipinski definition) is 0. The van der Waals surface area contributed by atoms with Crippen molar-refractivity contribution < 1.29 is 4.39 Å². The molecular weight excluding hydrogens is 223 g/mol. The molecule has 1 unspecified atom stereocenters. The summed E-state index contributed by atoms with van der Waals surface area (Å²) in [5, 5.41) is 0. The molecule has 1 atom stereocenters. The summed E-state index contributed by atoms with van der Waals surface area (Å²) in [5.41, 5.74) is 2.93. The second-order valence-electron chi connectivity index (χ2n) is 4.89. The van der Waals surface area contributed by atoms with E-state index < -0.39 is 0 Å². The lowest BCUT2D eigenvalue weighted by Crippen LogP contribution is -2.10. The number of hydrogen-bond acceptors (Lipinski definition) is 0. The summed E-state index contributed by atoms with van der Waals surface area (Å²) in [6.07, 6.45) is 3.33. The van der Waals surface area contributed by atoms with Gasteiger partial charge in [-0.25, -0.2) is 4.39 Å². The average molecular weight is 244 g/mol. The van der Waals surface area contributed by atoms with Crippen LogP contribution in [0.1, 0.15) is 30.9 Å². The van der Waals surface area contributed by atoms with Crippen molar-refractivity contribution in [3.8, 4) is 0 Å². The highest BCUT2D eigenvalue weighted by Crippen LogP contribution is 2.35. The van der Waals surface area contributed by atoms with Crippen LogP contribution in [0.4, 0.5) is 4.39 Å². The second-order valence-corrected chi connectivity index (χ2v) is 4.89. The molecule has 0 fully saturated rings. The summed E-state index contributed by atoms with van der Waals surface area (Å²) < 4.78 is 13.6. The maximum atomic E-state index is 13.6. The zero-order chi connectivity index (χ0) is 13.7. The van der Waals surface area contributed by atoms with Crippen molar-refractivity contribution in [2.45, 2.75) is 26.7 Å². The Labute approximate surface area is 110 Å². The smallest absolute Gasteiger partial charge is 0.119 e. The molecule has 1 aromatic rings. The van der Waals surface area contributed by atoms with E-state index in [2.05, 4.69) is 51.3 Å². The van der Waals surface area contributed by atoms with E-state index in [9.17, 15) is 4.39 Å². The fraction of sp³-hybridized carbons (Fsp3) is 0.294. The van der Waals surface area contributed by atoms with E-state index in [1.54, 1.807) is 12.2 Å². The molecule has 0 aliphatic carbocycles. The highest BCUT2D eigenvalue weighted by Gasteiger charge is 2.22. The predicted octanol–water partition coefficient (Wildman–Crippen LogP) is 5.33. The summed E-state index contributed by atoms with van der Waals surface area (Å²) in [6, 6.07) is 8.22. The lowest BCUT2D eigenvalue weighted by molar-refractivity contribution is 0.528. The van der Waals surface area contributed by atoms with Gasteiger partial charge >= 0.3 is 0 Å². The summed E-state index contributed by atoms with van der Waals surface area (Å²) in [7, 11) is 0. The van der Waals surface area contributed by atoms with Crippen LogP contribution < -0.4 is 0 Å². The van der Waals surface area contributed by atoms with Gasteiger partial charge < -0.3 is 0 Å². The molecule has 0 nitrogen and oxygen atoms in total. The van der Waals surface area contributed by atoms with Gasteiger partial charge in [-0.1, -0.05) is 69.0 Å². The van der Waals surface area contributed by atoms with Gasteiger partial charge in [0.1, 0.15) is 5.83 Å². The third kappa shape index (κ3) is 3.43. The Balaban J connectivity index is 3.24. The van der Waals surface area contributed by atoms with Crippen molar-refractivity contribution in [1.82, 2.24) is 0 Å². The van der Waals surface area contributed by atoms with E-state index in [1.807, 2.05) is 6.92 Å². The molecular formula is C17H21F. The quantitative estimate of drug-likeness (QED) is 0.614. The fourth-order valence-corrected chi connectivity index (χ4v) is 2.19. The molecule has 0 bridgehead atoms. The molecule has 0 spiro atoms. The van der Waals surface area contributed by atoms with Gasteiger partial charge in [-0.05, 0) is 24.0 Å². The van der Waals surface area contributed by atoms with Crippen molar-refractivity contribution >= 4 is 0 Å². The Morgan fingerprint density at radius 1 is 1.22 bits per heavy atom. The summed E-state index contributed by atoms with van der Waals surface area (Å²) in [5.74, 6) is -0.0679. The number of benzene rings is 1. The minimum Gasteiger partial charge on any atom is -0.207 e. The van der Waals surface area contributed by atoms with Crippen LogP contribution in [0.25, 0.3) is 0 Å². The standard InChI is InChI=1S/C17H21F/c1-6-7-16(14(5)18)17(12(2)3)15-10-8-13(4)9-11-15/h6-12,17H,1,5H2,2-4H3/b16-7+. The molecule has 0 amide bonds. The van der Waals surface area contributed by atoms with Crippen LogP contribution in [0.15, 0.2) is 61.0 Å². The maximum Gasteiger partial charge on any atom is 0.119 e. The molecule has 0 saturated heterocycles. The molecule has 18 heavy (non-hydrogen) atoms. The summed E-state index contributed by atoms with van der Waals surface area (Å²) in [6.45, 7) is 13.3. The number of allylic oxidation sites excluding steroid dienone is 4. The van der Waals surface area contributed by atoms with Crippen LogP contribution in [0, 0.1) is 12.8 Å². The highest BCUT2D eigenvalue weighted by atomic mass is 19.1. The second kappa shape index (κ2) is 6.34. The monoisotopic (exact) mass is 244 g/mol. The number of aryl methyl sites for hydroxylation is 1. The van der Waals surface area contributed by atoms with Gasteiger partial charge in [-0.2, -0.15) is 0 Å². The van der Waals surface area contributed by atoms with E-state index in [4.69, 9.17) is 0 Å². The first-order valence-electron chi connectivity index (χ1n) is 6.21. The Hall–Kier alpha value is -1.63. The van der Waals surface area contributed by atoms with E-state index in [-0.39, 0.29) is 11.7 Å². The Bertz CT molecular complexity index is 449. The minimum atomic E-state index is -0.380. The lowest BCUT2D eigenvalue weighted by atomic mass is 9.81. The molecule has 0 aliphatic heterocycles. The van der Waals surface area contributed by atoms with Crippen molar-refractivity contribution in [2.75, 3.05) is 0 Å². The van der Waals surface area contributed by atoms with E-state index in [0.29, 0.717) is 11.5 Å². The van der Waals surface area contributed by atoms with Crippen LogP contribution in [-0.2, 0) is 0 Å². The maximum absolute atomic E-state index is 13.6. The van der Waals surface area contributed by atoms with Crippen molar-refractivity contribution in [2.24, 2.45) is 5.92 Å². The molecule has 1 aromatic carbocycles. The van der Waals surface area contributed by atoms with Crippen molar-refractivity contribution in [3.05, 3.63) is 72.1 Å². The van der Waals surface area contributed by atoms with E-state index in [0.717, 1.165) is 5.56 Å². The van der Waals surface area contributed by atoms with Gasteiger partial charge in [-0.3, -0.25) is 0 Å². The number of rotatable bonds is 5. The molecule has 0 radical (unpaired) electrons.